The molecule has 2 aromatic carbocycles. The molecule has 2 aromatic heterocycles. The van der Waals surface area contributed by atoms with E-state index >= 15 is 0 Å². The van der Waals surface area contributed by atoms with E-state index in [1.54, 1.807) is 23.0 Å². The predicted octanol–water partition coefficient (Wildman–Crippen LogP) is 5.76. The largest absolute Gasteiger partial charge is 0.497 e. The van der Waals surface area contributed by atoms with Crippen LogP contribution >= 0.6 is 23.1 Å². The van der Waals surface area contributed by atoms with Crippen LogP contribution in [0.4, 0.5) is 5.69 Å². The summed E-state index contributed by atoms with van der Waals surface area (Å²) in [6, 6.07) is 15.0. The van der Waals surface area contributed by atoms with Gasteiger partial charge in [0.1, 0.15) is 10.6 Å². The lowest BCUT2D eigenvalue weighted by atomic mass is 10.1. The van der Waals surface area contributed by atoms with Crippen molar-refractivity contribution in [3.63, 3.8) is 0 Å². The van der Waals surface area contributed by atoms with Crippen LogP contribution in [0.5, 0.6) is 5.75 Å². The standard InChI is InChI=1S/C26H27N3O3S2/c1-5-7-21-17(3)23-24(34-21)28-26(29(25(23)31)19-10-12-20(32-4)13-11-19)33-15-22(30)27-18-9-6-8-16(2)14-18/h6,8-14H,5,7,15H2,1-4H3,(H,27,30). The van der Waals surface area contributed by atoms with Gasteiger partial charge >= 0.3 is 0 Å². The molecule has 34 heavy (non-hydrogen) atoms. The number of thiophene rings is 1. The molecule has 1 N–H and O–H groups in total. The minimum Gasteiger partial charge on any atom is -0.497 e. The number of ether oxygens (including phenoxy) is 1. The lowest BCUT2D eigenvalue weighted by Crippen LogP contribution is -2.22. The van der Waals surface area contributed by atoms with Crippen molar-refractivity contribution in [2.45, 2.75) is 38.8 Å². The number of nitrogens with one attached hydrogen (secondary N) is 1. The number of thioether (sulfide) groups is 1. The van der Waals surface area contributed by atoms with E-state index in [1.165, 1.54) is 16.6 Å². The van der Waals surface area contributed by atoms with Crippen LogP contribution in [0, 0.1) is 13.8 Å². The minimum absolute atomic E-state index is 0.118. The average Bonchev–Trinajstić information content (AvgIpc) is 3.13. The summed E-state index contributed by atoms with van der Waals surface area (Å²) >= 11 is 2.82. The molecule has 4 rings (SSSR count). The van der Waals surface area contributed by atoms with Gasteiger partial charge in [-0.1, -0.05) is 37.2 Å². The van der Waals surface area contributed by atoms with Crippen molar-refractivity contribution >= 4 is 44.9 Å². The first-order valence-electron chi connectivity index (χ1n) is 11.1. The highest BCUT2D eigenvalue weighted by atomic mass is 32.2. The number of nitrogens with zero attached hydrogens (tertiary/aromatic N) is 2. The molecule has 6 nitrogen and oxygen atoms in total. The van der Waals surface area contributed by atoms with E-state index in [1.807, 2.05) is 62.4 Å². The zero-order chi connectivity index (χ0) is 24.2. The highest BCUT2D eigenvalue weighted by Crippen LogP contribution is 2.31. The zero-order valence-electron chi connectivity index (χ0n) is 19.7. The van der Waals surface area contributed by atoms with Crippen LogP contribution < -0.4 is 15.6 Å². The normalized spacial score (nSPS) is 11.1. The number of rotatable bonds is 8. The Balaban J connectivity index is 1.72. The third-order valence-electron chi connectivity index (χ3n) is 5.47. The Kier molecular flexibility index (Phi) is 7.38. The summed E-state index contributed by atoms with van der Waals surface area (Å²) in [5.41, 5.74) is 3.38. The number of methoxy groups -OCH3 is 1. The first-order valence-corrected chi connectivity index (χ1v) is 12.9. The summed E-state index contributed by atoms with van der Waals surface area (Å²) in [4.78, 5) is 33.1. The predicted molar refractivity (Wildman–Crippen MR) is 141 cm³/mol. The molecule has 8 heteroatoms. The van der Waals surface area contributed by atoms with Crippen molar-refractivity contribution < 1.29 is 9.53 Å². The SMILES string of the molecule is CCCc1sc2nc(SCC(=O)Nc3cccc(C)c3)n(-c3ccc(OC)cc3)c(=O)c2c1C. The zero-order valence-corrected chi connectivity index (χ0v) is 21.3. The van der Waals surface area contributed by atoms with Crippen LogP contribution in [0.1, 0.15) is 29.3 Å². The molecule has 0 radical (unpaired) electrons. The van der Waals surface area contributed by atoms with Crippen molar-refractivity contribution in [3.05, 3.63) is 74.9 Å². The maximum atomic E-state index is 13.7. The van der Waals surface area contributed by atoms with Gasteiger partial charge in [-0.2, -0.15) is 0 Å². The van der Waals surface area contributed by atoms with E-state index in [-0.39, 0.29) is 17.2 Å². The smallest absolute Gasteiger partial charge is 0.267 e. The number of aromatic nitrogens is 2. The monoisotopic (exact) mass is 493 g/mol. The Morgan fingerprint density at radius 2 is 1.94 bits per heavy atom. The summed E-state index contributed by atoms with van der Waals surface area (Å²) in [5.74, 6) is 0.684. The number of hydrogen-bond acceptors (Lipinski definition) is 6. The molecule has 0 aliphatic heterocycles. The van der Waals surface area contributed by atoms with E-state index in [2.05, 4.69) is 12.2 Å². The Morgan fingerprint density at radius 3 is 2.62 bits per heavy atom. The number of anilines is 1. The quantitative estimate of drug-likeness (QED) is 0.250. The first kappa shape index (κ1) is 24.0. The Labute approximate surface area is 207 Å². The van der Waals surface area contributed by atoms with Gasteiger partial charge < -0.3 is 10.1 Å². The summed E-state index contributed by atoms with van der Waals surface area (Å²) in [7, 11) is 1.60. The average molecular weight is 494 g/mol. The molecule has 176 valence electrons. The molecule has 4 aromatic rings. The van der Waals surface area contributed by atoms with Gasteiger partial charge in [0.05, 0.1) is 23.9 Å². The van der Waals surface area contributed by atoms with Crippen LogP contribution in [0.3, 0.4) is 0 Å². The van der Waals surface area contributed by atoms with Crippen LogP contribution in [0.25, 0.3) is 15.9 Å². The fourth-order valence-electron chi connectivity index (χ4n) is 3.78. The van der Waals surface area contributed by atoms with Crippen molar-refractivity contribution in [1.82, 2.24) is 9.55 Å². The summed E-state index contributed by atoms with van der Waals surface area (Å²) < 4.78 is 6.87. The van der Waals surface area contributed by atoms with E-state index in [4.69, 9.17) is 9.72 Å². The van der Waals surface area contributed by atoms with Crippen LogP contribution in [-0.4, -0.2) is 28.3 Å². The highest BCUT2D eigenvalue weighted by molar-refractivity contribution is 7.99. The van der Waals surface area contributed by atoms with Gasteiger partial charge in [-0.15, -0.1) is 11.3 Å². The highest BCUT2D eigenvalue weighted by Gasteiger charge is 2.20. The summed E-state index contributed by atoms with van der Waals surface area (Å²) in [6.45, 7) is 6.10. The Hall–Kier alpha value is -3.10. The number of carbonyl (C=O) groups excluding carboxylic acids is 1. The van der Waals surface area contributed by atoms with Crippen molar-refractivity contribution in [3.8, 4) is 11.4 Å². The minimum atomic E-state index is -0.153. The van der Waals surface area contributed by atoms with E-state index < -0.39 is 0 Å². The van der Waals surface area contributed by atoms with Gasteiger partial charge in [-0.05, 0) is 67.8 Å². The van der Waals surface area contributed by atoms with Crippen LogP contribution in [0.2, 0.25) is 0 Å². The number of amides is 1. The maximum absolute atomic E-state index is 13.7. The Morgan fingerprint density at radius 1 is 1.18 bits per heavy atom. The molecule has 0 spiro atoms. The van der Waals surface area contributed by atoms with Gasteiger partial charge in [-0.3, -0.25) is 14.2 Å². The number of benzene rings is 2. The second kappa shape index (κ2) is 10.4. The molecule has 0 saturated heterocycles. The molecular weight excluding hydrogens is 466 g/mol. The molecule has 0 bridgehead atoms. The third-order valence-corrected chi connectivity index (χ3v) is 7.66. The lowest BCUT2D eigenvalue weighted by molar-refractivity contribution is -0.113. The molecule has 1 amide bonds. The van der Waals surface area contributed by atoms with Crippen LogP contribution in [0.15, 0.2) is 58.5 Å². The van der Waals surface area contributed by atoms with Crippen molar-refractivity contribution in [1.29, 1.82) is 0 Å². The third kappa shape index (κ3) is 5.03. The van der Waals surface area contributed by atoms with Gasteiger partial charge in [-0.25, -0.2) is 4.98 Å². The van der Waals surface area contributed by atoms with Gasteiger partial charge in [0.2, 0.25) is 5.91 Å². The molecule has 0 aliphatic rings. The number of carbonyl (C=O) groups is 1. The van der Waals surface area contributed by atoms with Gasteiger partial charge in [0, 0.05) is 10.6 Å². The number of aryl methyl sites for hydroxylation is 3. The molecule has 0 saturated carbocycles. The van der Waals surface area contributed by atoms with Gasteiger partial charge in [0.15, 0.2) is 5.16 Å². The summed E-state index contributed by atoms with van der Waals surface area (Å²) in [6.07, 6.45) is 1.91. The van der Waals surface area contributed by atoms with Crippen molar-refractivity contribution in [2.24, 2.45) is 0 Å². The summed E-state index contributed by atoms with van der Waals surface area (Å²) in [5, 5.41) is 4.06. The van der Waals surface area contributed by atoms with Crippen LogP contribution in [-0.2, 0) is 11.2 Å². The molecular formula is C26H27N3O3S2. The first-order chi connectivity index (χ1) is 16.4. The van der Waals surface area contributed by atoms with E-state index in [9.17, 15) is 9.59 Å². The molecule has 0 unspecified atom stereocenters. The lowest BCUT2D eigenvalue weighted by Gasteiger charge is -2.13. The van der Waals surface area contributed by atoms with E-state index in [0.717, 1.165) is 34.5 Å². The fourth-order valence-corrected chi connectivity index (χ4v) is 5.91. The second-order valence-corrected chi connectivity index (χ2v) is 10.0. The second-order valence-electron chi connectivity index (χ2n) is 8.02. The molecule has 0 fully saturated rings. The number of fused-ring (bicyclic) bond motifs is 1. The molecule has 0 atom stereocenters. The fraction of sp³-hybridized carbons (Fsp3) is 0.269. The van der Waals surface area contributed by atoms with E-state index in [0.29, 0.717) is 22.0 Å². The van der Waals surface area contributed by atoms with Crippen molar-refractivity contribution in [2.75, 3.05) is 18.2 Å². The topological polar surface area (TPSA) is 73.2 Å². The molecule has 0 aliphatic carbocycles. The molecule has 2 heterocycles. The maximum Gasteiger partial charge on any atom is 0.267 e. The van der Waals surface area contributed by atoms with Gasteiger partial charge in [0.25, 0.3) is 5.56 Å². The number of hydrogen-bond donors (Lipinski definition) is 1. The Bertz CT molecular complexity index is 1390.